The third kappa shape index (κ3) is 18.2. The van der Waals surface area contributed by atoms with Crippen molar-refractivity contribution in [3.05, 3.63) is 460 Å². The van der Waals surface area contributed by atoms with Gasteiger partial charge in [-0.25, -0.2) is 44.9 Å². The second-order valence-corrected chi connectivity index (χ2v) is 31.2. The summed E-state index contributed by atoms with van der Waals surface area (Å²) in [6, 6.07) is 151. The van der Waals surface area contributed by atoms with E-state index in [-0.39, 0.29) is 0 Å². The van der Waals surface area contributed by atoms with Gasteiger partial charge < -0.3 is 13.6 Å². The number of hydrogen-bond acceptors (Lipinski definition) is 15. The highest BCUT2D eigenvalue weighted by Gasteiger charge is 2.25. The molecule has 0 saturated carbocycles. The van der Waals surface area contributed by atoms with E-state index in [2.05, 4.69) is 167 Å². The molecule has 0 unspecified atom stereocenters. The summed E-state index contributed by atoms with van der Waals surface area (Å²) >= 11 is 0. The van der Waals surface area contributed by atoms with Gasteiger partial charge >= 0.3 is 0 Å². The molecule has 22 aromatic rings. The third-order valence-corrected chi connectivity index (χ3v) is 22.5. The maximum Gasteiger partial charge on any atom is 0.175 e. The van der Waals surface area contributed by atoms with Crippen LogP contribution in [0.15, 0.2) is 462 Å². The summed E-state index contributed by atoms with van der Waals surface area (Å²) in [7, 11) is 0. The van der Waals surface area contributed by atoms with Crippen molar-refractivity contribution in [2.75, 3.05) is 0 Å². The van der Waals surface area contributed by atoms with E-state index in [9.17, 15) is 0 Å². The predicted molar refractivity (Wildman–Crippen MR) is 522 cm³/mol. The van der Waals surface area contributed by atoms with Gasteiger partial charge in [-0.3, -0.25) is 0 Å². The molecule has 0 aliphatic heterocycles. The molecular formula is C116H80N12O3. The molecule has 0 fully saturated rings. The molecule has 15 heteroatoms. The largest absolute Gasteiger partial charge is 0.361 e. The number of aryl methyl sites for hydroxylation is 2. The Morgan fingerprint density at radius 1 is 0.145 bits per heavy atom. The van der Waals surface area contributed by atoms with Gasteiger partial charge in [-0.1, -0.05) is 440 Å². The SMILES string of the molecule is Cc1noc(C)c1-c1cccc(-c2cccc(-c3nc(-c4ccccc4)nc(-c4ccccc4)n3)c2)c1.c1ccc(-c2nc(-c3ccccc3)nc(-c3ccc(-c4ccc(-c5c(-c6ccccc6)noc5-c5ccccc5)cc4)cc3)n2)cc1.c1ccc(-c2nc(-c3ccccc3)nc(-c3cccc(-c4cccc(-c5c(-c6ccccc6)noc5-c5ccccc5)c4)c3)n2)cc1. The molecule has 6 heterocycles. The summed E-state index contributed by atoms with van der Waals surface area (Å²) in [6.07, 6.45) is 0. The number of nitrogens with zero attached hydrogens (tertiary/aromatic N) is 12. The van der Waals surface area contributed by atoms with Gasteiger partial charge in [0.25, 0.3) is 0 Å². The van der Waals surface area contributed by atoms with Crippen molar-refractivity contribution in [2.45, 2.75) is 13.8 Å². The van der Waals surface area contributed by atoms with Crippen molar-refractivity contribution < 1.29 is 13.6 Å². The van der Waals surface area contributed by atoms with Crippen LogP contribution in [0.5, 0.6) is 0 Å². The van der Waals surface area contributed by atoms with Crippen LogP contribution in [0.3, 0.4) is 0 Å². The van der Waals surface area contributed by atoms with Crippen LogP contribution < -0.4 is 0 Å². The first-order chi connectivity index (χ1) is 64.7. The molecule has 22 rings (SSSR count). The van der Waals surface area contributed by atoms with Crippen LogP contribution in [-0.4, -0.2) is 60.3 Å². The molecule has 0 amide bonds. The quantitative estimate of drug-likeness (QED) is 0.0741. The molecular weight excluding hydrogens is 1610 g/mol. The Kier molecular flexibility index (Phi) is 23.6. The molecule has 15 nitrogen and oxygen atoms in total. The topological polar surface area (TPSA) is 194 Å². The zero-order chi connectivity index (χ0) is 88.0. The highest BCUT2D eigenvalue weighted by Crippen LogP contribution is 2.45. The van der Waals surface area contributed by atoms with Gasteiger partial charge in [0.2, 0.25) is 0 Å². The molecule has 0 N–H and O–H groups in total. The number of hydrogen-bond donors (Lipinski definition) is 0. The Hall–Kier alpha value is -17.8. The highest BCUT2D eigenvalue weighted by molar-refractivity contribution is 5.94. The monoisotopic (exact) mass is 1690 g/mol. The fourth-order valence-corrected chi connectivity index (χ4v) is 16.0. The number of benzene rings is 16. The first kappa shape index (κ1) is 81.5. The summed E-state index contributed by atoms with van der Waals surface area (Å²) in [5, 5.41) is 13.2. The first-order valence-corrected chi connectivity index (χ1v) is 43.1. The molecule has 0 aliphatic rings. The molecule has 0 bridgehead atoms. The van der Waals surface area contributed by atoms with Gasteiger partial charge in [-0.15, -0.1) is 0 Å². The summed E-state index contributed by atoms with van der Waals surface area (Å²) in [5.41, 5.74) is 27.5. The molecule has 131 heavy (non-hydrogen) atoms. The zero-order valence-electron chi connectivity index (χ0n) is 71.3. The molecule has 0 atom stereocenters. The van der Waals surface area contributed by atoms with E-state index in [1.165, 1.54) is 0 Å². The zero-order valence-corrected chi connectivity index (χ0v) is 71.3. The lowest BCUT2D eigenvalue weighted by atomic mass is 9.93. The Morgan fingerprint density at radius 3 is 0.618 bits per heavy atom. The minimum atomic E-state index is 0.618. The maximum atomic E-state index is 6.04. The van der Waals surface area contributed by atoms with Crippen molar-refractivity contribution in [1.29, 1.82) is 0 Å². The molecule has 0 saturated heterocycles. The molecule has 6 aromatic heterocycles. The van der Waals surface area contributed by atoms with Gasteiger partial charge in [0.05, 0.1) is 16.8 Å². The van der Waals surface area contributed by atoms with E-state index >= 15 is 0 Å². The summed E-state index contributed by atoms with van der Waals surface area (Å²) in [5.74, 6) is 8.05. The Bertz CT molecular complexity index is 7360. The first-order valence-electron chi connectivity index (χ1n) is 43.1. The lowest BCUT2D eigenvalue weighted by Gasteiger charge is -2.11. The fraction of sp³-hybridized carbons (Fsp3) is 0.0172. The lowest BCUT2D eigenvalue weighted by molar-refractivity contribution is 0.393. The van der Waals surface area contributed by atoms with E-state index in [0.717, 1.165) is 173 Å². The van der Waals surface area contributed by atoms with Crippen LogP contribution in [0.25, 0.3) is 214 Å². The second-order valence-electron chi connectivity index (χ2n) is 31.2. The van der Waals surface area contributed by atoms with E-state index in [1.807, 2.05) is 311 Å². The number of aromatic nitrogens is 12. The average Bonchev–Trinajstić information content (AvgIpc) is 1.60. The van der Waals surface area contributed by atoms with Crippen molar-refractivity contribution >= 4 is 0 Å². The maximum absolute atomic E-state index is 6.04. The average molecular weight is 1690 g/mol. The van der Waals surface area contributed by atoms with Crippen LogP contribution >= 0.6 is 0 Å². The summed E-state index contributed by atoms with van der Waals surface area (Å²) in [6.45, 7) is 3.91. The third-order valence-electron chi connectivity index (χ3n) is 22.5. The van der Waals surface area contributed by atoms with Crippen LogP contribution in [0.4, 0.5) is 0 Å². The summed E-state index contributed by atoms with van der Waals surface area (Å²) in [4.78, 5) is 43.8. The molecule has 0 radical (unpaired) electrons. The van der Waals surface area contributed by atoms with Crippen LogP contribution in [0.1, 0.15) is 11.5 Å². The van der Waals surface area contributed by atoms with Gasteiger partial charge in [0.1, 0.15) is 17.1 Å². The normalized spacial score (nSPS) is 11.0. The predicted octanol–water partition coefficient (Wildman–Crippen LogP) is 28.9. The molecule has 622 valence electrons. The highest BCUT2D eigenvalue weighted by atomic mass is 16.5. The lowest BCUT2D eigenvalue weighted by Crippen LogP contribution is -2.00. The van der Waals surface area contributed by atoms with E-state index in [4.69, 9.17) is 58.4 Å². The van der Waals surface area contributed by atoms with Crippen LogP contribution in [-0.2, 0) is 0 Å². The van der Waals surface area contributed by atoms with Crippen molar-refractivity contribution in [3.63, 3.8) is 0 Å². The van der Waals surface area contributed by atoms with Gasteiger partial charge in [0.15, 0.2) is 63.9 Å². The second kappa shape index (κ2) is 37.9. The van der Waals surface area contributed by atoms with Crippen molar-refractivity contribution in [2.24, 2.45) is 0 Å². The molecule has 0 aliphatic carbocycles. The minimum Gasteiger partial charge on any atom is -0.361 e. The minimum absolute atomic E-state index is 0.618. The van der Waals surface area contributed by atoms with Crippen LogP contribution in [0, 0.1) is 13.8 Å². The standard InChI is InChI=1S/2C42H28N4O.C32H24N4O/c1-5-15-29(16-6-1)38-37(39(47-46-38)30-17-7-2-8-18-30)35-25-13-23-33(27-35)34-24-14-26-36(28-34)42-44-40(31-19-9-3-10-20-31)43-41(45-42)32-21-11-4-12-22-32;1-5-13-32(14-6-1)38-37(39(47-46-38)33-15-7-2-8-16-33)31-25-21-29(22-26-31)30-23-27-36(28-24-30)42-44-40(34-17-9-3-10-18-34)43-41(45-42)35-19-11-4-12-20-35;1-21-29(22(2)37-36-21)27-17-9-15-25(19-27)26-16-10-18-28(20-26)32-34-30(23-11-5-3-6-12-23)33-31(35-32)24-13-7-4-8-14-24/h2*1-28H;3-20H,1-2H3. The van der Waals surface area contributed by atoms with Crippen LogP contribution in [0.2, 0.25) is 0 Å². The smallest absolute Gasteiger partial charge is 0.175 e. The number of rotatable bonds is 19. The molecule has 0 spiro atoms. The molecule has 16 aromatic carbocycles. The fourth-order valence-electron chi connectivity index (χ4n) is 16.0. The van der Waals surface area contributed by atoms with E-state index < -0.39 is 0 Å². The van der Waals surface area contributed by atoms with Crippen molar-refractivity contribution in [3.8, 4) is 214 Å². The Morgan fingerprint density at radius 2 is 0.344 bits per heavy atom. The van der Waals surface area contributed by atoms with Gasteiger partial charge in [-0.2, -0.15) is 0 Å². The van der Waals surface area contributed by atoms with Crippen molar-refractivity contribution in [1.82, 2.24) is 60.3 Å². The van der Waals surface area contributed by atoms with Gasteiger partial charge in [-0.05, 0) is 88.2 Å². The van der Waals surface area contributed by atoms with Gasteiger partial charge in [0, 0.05) is 77.9 Å². The van der Waals surface area contributed by atoms with E-state index in [0.29, 0.717) is 52.4 Å². The van der Waals surface area contributed by atoms with E-state index in [1.54, 1.807) is 0 Å². The summed E-state index contributed by atoms with van der Waals surface area (Å²) < 4.78 is 17.4. The Balaban J connectivity index is 0.000000124. The Labute approximate surface area is 757 Å².